The average molecular weight is 282 g/mol. The lowest BCUT2D eigenvalue weighted by atomic mass is 10.1. The zero-order valence-electron chi connectivity index (χ0n) is 11.7. The number of carbonyl (C=O) groups is 1. The minimum Gasteiger partial charge on any atom is -0.326 e. The fourth-order valence-corrected chi connectivity index (χ4v) is 2.37. The van der Waals surface area contributed by atoms with Crippen LogP contribution in [0.15, 0.2) is 24.3 Å². The molecule has 2 atom stereocenters. The van der Waals surface area contributed by atoms with Crippen molar-refractivity contribution in [3.8, 4) is 0 Å². The van der Waals surface area contributed by atoms with Gasteiger partial charge in [-0.05, 0) is 24.6 Å². The van der Waals surface area contributed by atoms with Gasteiger partial charge in [0.25, 0.3) is 0 Å². The molecule has 2 unspecified atom stereocenters. The maximum absolute atomic E-state index is 11.3. The van der Waals surface area contributed by atoms with E-state index in [1.54, 1.807) is 0 Å². The van der Waals surface area contributed by atoms with Gasteiger partial charge in [0.15, 0.2) is 0 Å². The second-order valence-corrected chi connectivity index (χ2v) is 6.28. The molecule has 2 N–H and O–H groups in total. The summed E-state index contributed by atoms with van der Waals surface area (Å²) in [5.41, 5.74) is 1.91. The monoisotopic (exact) mass is 282 g/mol. The molecule has 0 bridgehead atoms. The Labute approximate surface area is 117 Å². The minimum absolute atomic E-state index is 0.0731. The van der Waals surface area contributed by atoms with Crippen LogP contribution in [0.4, 0.5) is 5.69 Å². The Morgan fingerprint density at radius 1 is 1.42 bits per heavy atom. The maximum Gasteiger partial charge on any atom is 0.221 e. The summed E-state index contributed by atoms with van der Waals surface area (Å²) in [6, 6.07) is 7.92. The first-order valence-electron chi connectivity index (χ1n) is 6.48. The van der Waals surface area contributed by atoms with Gasteiger partial charge in [0.05, 0.1) is 0 Å². The Kier molecular flexibility index (Phi) is 6.73. The Morgan fingerprint density at radius 2 is 2.16 bits per heavy atom. The van der Waals surface area contributed by atoms with Gasteiger partial charge in [-0.2, -0.15) is 0 Å². The number of hydrogen-bond acceptors (Lipinski definition) is 3. The summed E-state index contributed by atoms with van der Waals surface area (Å²) in [5.74, 6) is 1.30. The van der Waals surface area contributed by atoms with Crippen LogP contribution in [0.2, 0.25) is 0 Å². The molecule has 0 radical (unpaired) electrons. The molecule has 4 nitrogen and oxygen atoms in total. The predicted octanol–water partition coefficient (Wildman–Crippen LogP) is 2.06. The molecule has 0 fully saturated rings. The Hall–Kier alpha value is -1.20. The smallest absolute Gasteiger partial charge is 0.221 e. The first kappa shape index (κ1) is 15.9. The molecule has 0 aliphatic heterocycles. The summed E-state index contributed by atoms with van der Waals surface area (Å²) in [6.07, 6.45) is 0. The molecule has 1 aromatic carbocycles. The Balaban J connectivity index is 2.54. The van der Waals surface area contributed by atoms with E-state index in [0.717, 1.165) is 17.8 Å². The molecule has 19 heavy (non-hydrogen) atoms. The summed E-state index contributed by atoms with van der Waals surface area (Å²) in [7, 11) is -0.731. The van der Waals surface area contributed by atoms with Crippen molar-refractivity contribution < 1.29 is 9.00 Å². The van der Waals surface area contributed by atoms with E-state index in [4.69, 9.17) is 0 Å². The number of hydrogen-bond donors (Lipinski definition) is 2. The minimum atomic E-state index is -0.731. The highest BCUT2D eigenvalue weighted by Gasteiger charge is 2.06. The van der Waals surface area contributed by atoms with Gasteiger partial charge in [0.1, 0.15) is 0 Å². The molecule has 0 saturated carbocycles. The predicted molar refractivity (Wildman–Crippen MR) is 80.7 cm³/mol. The summed E-state index contributed by atoms with van der Waals surface area (Å²) < 4.78 is 11.3. The molecule has 1 aromatic rings. The lowest BCUT2D eigenvalue weighted by Crippen LogP contribution is -2.24. The van der Waals surface area contributed by atoms with E-state index in [2.05, 4.69) is 17.6 Å². The molecule has 1 amide bonds. The molecule has 0 aromatic heterocycles. The van der Waals surface area contributed by atoms with Crippen LogP contribution in [0.1, 0.15) is 32.4 Å². The van der Waals surface area contributed by atoms with Gasteiger partial charge in [-0.1, -0.05) is 19.1 Å². The number of amides is 1. The highest BCUT2D eigenvalue weighted by Crippen LogP contribution is 2.17. The van der Waals surface area contributed by atoms with Crippen LogP contribution in [0.25, 0.3) is 0 Å². The largest absolute Gasteiger partial charge is 0.326 e. The van der Waals surface area contributed by atoms with Crippen LogP contribution in [0.3, 0.4) is 0 Å². The topological polar surface area (TPSA) is 58.2 Å². The number of benzene rings is 1. The molecule has 106 valence electrons. The zero-order chi connectivity index (χ0) is 14.3. The van der Waals surface area contributed by atoms with E-state index in [1.807, 2.05) is 31.2 Å². The van der Waals surface area contributed by atoms with Crippen molar-refractivity contribution in [1.29, 1.82) is 0 Å². The van der Waals surface area contributed by atoms with Gasteiger partial charge in [0.2, 0.25) is 5.91 Å². The second-order valence-electron chi connectivity index (χ2n) is 4.42. The van der Waals surface area contributed by atoms with E-state index in [0.29, 0.717) is 11.5 Å². The summed E-state index contributed by atoms with van der Waals surface area (Å²) in [4.78, 5) is 11.0. The van der Waals surface area contributed by atoms with Crippen molar-refractivity contribution in [2.45, 2.75) is 26.8 Å². The lowest BCUT2D eigenvalue weighted by molar-refractivity contribution is -0.114. The van der Waals surface area contributed by atoms with Gasteiger partial charge >= 0.3 is 0 Å². The summed E-state index contributed by atoms with van der Waals surface area (Å²) in [5, 5.41) is 6.11. The number of rotatable bonds is 7. The number of carbonyl (C=O) groups excluding carboxylic acids is 1. The van der Waals surface area contributed by atoms with E-state index in [9.17, 15) is 9.00 Å². The van der Waals surface area contributed by atoms with E-state index < -0.39 is 10.8 Å². The van der Waals surface area contributed by atoms with E-state index in [1.165, 1.54) is 6.92 Å². The van der Waals surface area contributed by atoms with E-state index in [-0.39, 0.29) is 11.9 Å². The molecular weight excluding hydrogens is 260 g/mol. The molecule has 0 aliphatic rings. The SMILES string of the molecule is CCS(=O)CCNC(C)c1cccc(NC(C)=O)c1. The fraction of sp³-hybridized carbons (Fsp3) is 0.500. The average Bonchev–Trinajstić information content (AvgIpc) is 2.37. The standard InChI is InChI=1S/C14H22N2O2S/c1-4-19(18)9-8-15-11(2)13-6-5-7-14(10-13)16-12(3)17/h5-7,10-11,15H,4,8-9H2,1-3H3,(H,16,17). The zero-order valence-corrected chi connectivity index (χ0v) is 12.5. The van der Waals surface area contributed by atoms with Gasteiger partial charge in [-0.3, -0.25) is 9.00 Å². The Morgan fingerprint density at radius 3 is 2.79 bits per heavy atom. The third-order valence-electron chi connectivity index (χ3n) is 2.81. The van der Waals surface area contributed by atoms with Crippen molar-refractivity contribution >= 4 is 22.4 Å². The van der Waals surface area contributed by atoms with Crippen LogP contribution in [-0.4, -0.2) is 28.2 Å². The molecular formula is C14H22N2O2S. The maximum atomic E-state index is 11.3. The molecule has 0 aliphatic carbocycles. The van der Waals surface area contributed by atoms with Crippen molar-refractivity contribution in [2.24, 2.45) is 0 Å². The van der Waals surface area contributed by atoms with Crippen molar-refractivity contribution in [2.75, 3.05) is 23.4 Å². The Bertz CT molecular complexity index is 449. The van der Waals surface area contributed by atoms with E-state index >= 15 is 0 Å². The molecule has 0 spiro atoms. The van der Waals surface area contributed by atoms with Crippen molar-refractivity contribution in [1.82, 2.24) is 5.32 Å². The molecule has 0 saturated heterocycles. The highest BCUT2D eigenvalue weighted by molar-refractivity contribution is 7.84. The van der Waals surface area contributed by atoms with Crippen molar-refractivity contribution in [3.63, 3.8) is 0 Å². The highest BCUT2D eigenvalue weighted by atomic mass is 32.2. The normalized spacial score (nSPS) is 13.8. The third-order valence-corrected chi connectivity index (χ3v) is 4.11. The molecule has 1 rings (SSSR count). The van der Waals surface area contributed by atoms with Crippen LogP contribution >= 0.6 is 0 Å². The van der Waals surface area contributed by atoms with Gasteiger partial charge in [-0.25, -0.2) is 0 Å². The number of anilines is 1. The van der Waals surface area contributed by atoms with Crippen LogP contribution in [0.5, 0.6) is 0 Å². The van der Waals surface area contributed by atoms with Crippen molar-refractivity contribution in [3.05, 3.63) is 29.8 Å². The lowest BCUT2D eigenvalue weighted by Gasteiger charge is -2.15. The third kappa shape index (κ3) is 5.98. The quantitative estimate of drug-likeness (QED) is 0.805. The first-order valence-corrected chi connectivity index (χ1v) is 7.97. The first-order chi connectivity index (χ1) is 9.02. The number of nitrogens with one attached hydrogen (secondary N) is 2. The van der Waals surface area contributed by atoms with Gasteiger partial charge in [-0.15, -0.1) is 0 Å². The second kappa shape index (κ2) is 8.07. The fourth-order valence-electron chi connectivity index (χ4n) is 1.74. The molecule has 0 heterocycles. The van der Waals surface area contributed by atoms with Gasteiger partial charge < -0.3 is 10.6 Å². The van der Waals surface area contributed by atoms with Gasteiger partial charge in [0, 0.05) is 47.5 Å². The van der Waals surface area contributed by atoms with Crippen LogP contribution in [0, 0.1) is 0 Å². The van der Waals surface area contributed by atoms with Crippen LogP contribution < -0.4 is 10.6 Å². The summed E-state index contributed by atoms with van der Waals surface area (Å²) in [6.45, 7) is 6.21. The van der Waals surface area contributed by atoms with Crippen LogP contribution in [-0.2, 0) is 15.6 Å². The summed E-state index contributed by atoms with van der Waals surface area (Å²) >= 11 is 0. The molecule has 5 heteroatoms.